The molecule has 170 valence electrons. The minimum atomic E-state index is -0.462. The van der Waals surface area contributed by atoms with Gasteiger partial charge in [-0.25, -0.2) is 14.5 Å². The number of hydrogen-bond donors (Lipinski definition) is 1. The van der Waals surface area contributed by atoms with Gasteiger partial charge in [0.1, 0.15) is 17.4 Å². The molecular formula is C22H20Br2N6O3. The van der Waals surface area contributed by atoms with Crippen molar-refractivity contribution in [3.8, 4) is 17.7 Å². The molecule has 0 unspecified atom stereocenters. The lowest BCUT2D eigenvalue weighted by atomic mass is 10.1. The maximum atomic E-state index is 12.4. The van der Waals surface area contributed by atoms with Gasteiger partial charge in [0.15, 0.2) is 4.73 Å². The van der Waals surface area contributed by atoms with Gasteiger partial charge in [-0.15, -0.1) is 5.10 Å². The van der Waals surface area contributed by atoms with Crippen LogP contribution >= 0.6 is 31.9 Å². The Balaban J connectivity index is 1.66. The second-order valence-electron chi connectivity index (χ2n) is 7.68. The summed E-state index contributed by atoms with van der Waals surface area (Å²) in [6.07, 6.45) is 3.79. The highest BCUT2D eigenvalue weighted by atomic mass is 79.9. The molecule has 1 fully saturated rings. The van der Waals surface area contributed by atoms with Crippen LogP contribution in [0.15, 0.2) is 27.8 Å². The maximum absolute atomic E-state index is 12.4. The Morgan fingerprint density at radius 2 is 2.09 bits per heavy atom. The number of aryl methyl sites for hydroxylation is 1. The maximum Gasteiger partial charge on any atom is 0.340 e. The number of anilines is 1. The van der Waals surface area contributed by atoms with Crippen LogP contribution in [0.25, 0.3) is 0 Å². The van der Waals surface area contributed by atoms with Crippen molar-refractivity contribution in [2.75, 3.05) is 12.4 Å². The molecule has 1 aromatic carbocycles. The number of ether oxygens (including phenoxy) is 2. The smallest absolute Gasteiger partial charge is 0.340 e. The van der Waals surface area contributed by atoms with Crippen LogP contribution in [0.5, 0.6) is 11.6 Å². The van der Waals surface area contributed by atoms with Crippen molar-refractivity contribution >= 4 is 43.5 Å². The van der Waals surface area contributed by atoms with Crippen molar-refractivity contribution < 1.29 is 14.3 Å². The van der Waals surface area contributed by atoms with E-state index in [1.54, 1.807) is 16.9 Å². The van der Waals surface area contributed by atoms with Crippen LogP contribution in [-0.2, 0) is 11.3 Å². The summed E-state index contributed by atoms with van der Waals surface area (Å²) in [6.45, 7) is 4.10. The van der Waals surface area contributed by atoms with Crippen LogP contribution in [0.2, 0.25) is 0 Å². The summed E-state index contributed by atoms with van der Waals surface area (Å²) in [6, 6.07) is 5.97. The highest BCUT2D eigenvalue weighted by molar-refractivity contribution is 9.11. The van der Waals surface area contributed by atoms with E-state index >= 15 is 0 Å². The topological polar surface area (TPSA) is 115 Å². The zero-order valence-electron chi connectivity index (χ0n) is 18.1. The molecule has 9 nitrogen and oxygen atoms in total. The summed E-state index contributed by atoms with van der Waals surface area (Å²) in [5, 5.41) is 17.4. The van der Waals surface area contributed by atoms with Crippen molar-refractivity contribution in [2.24, 2.45) is 0 Å². The fourth-order valence-electron chi connectivity index (χ4n) is 3.37. The van der Waals surface area contributed by atoms with E-state index in [0.29, 0.717) is 38.9 Å². The molecule has 1 N–H and O–H groups in total. The normalized spacial score (nSPS) is 12.8. The predicted octanol–water partition coefficient (Wildman–Crippen LogP) is 4.89. The van der Waals surface area contributed by atoms with Crippen molar-refractivity contribution in [1.82, 2.24) is 19.7 Å². The molecule has 0 bridgehead atoms. The SMILES string of the molecule is COC(=O)c1cc(Oc2ncc(Cn3nc(Br)nc3Br)c(C)c2C#N)cc(C)c1NC1CC1. The van der Waals surface area contributed by atoms with Crippen LogP contribution in [0, 0.1) is 25.2 Å². The number of nitriles is 1. The molecule has 2 heterocycles. The van der Waals surface area contributed by atoms with E-state index in [9.17, 15) is 10.1 Å². The Morgan fingerprint density at radius 3 is 2.70 bits per heavy atom. The van der Waals surface area contributed by atoms with Gasteiger partial charge in [-0.1, -0.05) is 0 Å². The molecular weight excluding hydrogens is 556 g/mol. The van der Waals surface area contributed by atoms with Crippen LogP contribution in [0.3, 0.4) is 0 Å². The highest BCUT2D eigenvalue weighted by Crippen LogP contribution is 2.35. The number of esters is 1. The van der Waals surface area contributed by atoms with E-state index in [0.717, 1.165) is 35.2 Å². The molecule has 1 aliphatic rings. The van der Waals surface area contributed by atoms with Gasteiger partial charge in [0.05, 0.1) is 24.9 Å². The first-order valence-electron chi connectivity index (χ1n) is 10.1. The Labute approximate surface area is 207 Å². The number of benzene rings is 1. The Kier molecular flexibility index (Phi) is 6.67. The molecule has 0 radical (unpaired) electrons. The lowest BCUT2D eigenvalue weighted by Gasteiger charge is -2.16. The second kappa shape index (κ2) is 9.49. The number of nitrogens with zero attached hydrogens (tertiary/aromatic N) is 5. The minimum Gasteiger partial charge on any atom is -0.465 e. The number of aromatic nitrogens is 4. The van der Waals surface area contributed by atoms with Crippen molar-refractivity contribution in [3.05, 3.63) is 55.6 Å². The first kappa shape index (κ1) is 23.2. The Bertz CT molecular complexity index is 1280. The Hall–Kier alpha value is -2.97. The van der Waals surface area contributed by atoms with E-state index in [-0.39, 0.29) is 5.88 Å². The van der Waals surface area contributed by atoms with E-state index in [4.69, 9.17) is 9.47 Å². The summed E-state index contributed by atoms with van der Waals surface area (Å²) in [7, 11) is 1.34. The highest BCUT2D eigenvalue weighted by Gasteiger charge is 2.26. The standard InChI is InChI=1S/C22H20Br2N6O3/c1-11-6-15(7-16(20(31)32-3)18(11)27-14-4-5-14)33-19-17(8-25)12(2)13(9-26-19)10-30-22(24)28-21(23)29-30/h6-7,9,14,27H,4-5,10H2,1-3H3. The molecule has 2 aromatic heterocycles. The zero-order valence-corrected chi connectivity index (χ0v) is 21.3. The molecule has 33 heavy (non-hydrogen) atoms. The van der Waals surface area contributed by atoms with E-state index in [2.05, 4.69) is 58.3 Å². The van der Waals surface area contributed by atoms with Crippen LogP contribution in [0.1, 0.15) is 45.5 Å². The molecule has 4 rings (SSSR count). The Morgan fingerprint density at radius 1 is 1.33 bits per heavy atom. The summed E-state index contributed by atoms with van der Waals surface area (Å²) >= 11 is 6.60. The number of hydrogen-bond acceptors (Lipinski definition) is 8. The third kappa shape index (κ3) is 5.02. The van der Waals surface area contributed by atoms with Gasteiger partial charge >= 0.3 is 5.97 Å². The predicted molar refractivity (Wildman–Crippen MR) is 127 cm³/mol. The van der Waals surface area contributed by atoms with Gasteiger partial charge in [-0.2, -0.15) is 10.2 Å². The van der Waals surface area contributed by atoms with Crippen LogP contribution in [0.4, 0.5) is 5.69 Å². The van der Waals surface area contributed by atoms with Gasteiger partial charge in [0, 0.05) is 12.2 Å². The van der Waals surface area contributed by atoms with Crippen molar-refractivity contribution in [3.63, 3.8) is 0 Å². The number of rotatable bonds is 7. The largest absolute Gasteiger partial charge is 0.465 e. The first-order valence-corrected chi connectivity index (χ1v) is 11.7. The summed E-state index contributed by atoms with van der Waals surface area (Å²) in [5.74, 6) is 0.0975. The first-order chi connectivity index (χ1) is 15.8. The van der Waals surface area contributed by atoms with Crippen molar-refractivity contribution in [2.45, 2.75) is 39.3 Å². The summed E-state index contributed by atoms with van der Waals surface area (Å²) in [5.41, 5.74) is 3.79. The number of pyridine rings is 1. The number of nitrogens with one attached hydrogen (secondary N) is 1. The minimum absolute atomic E-state index is 0.163. The fourth-order valence-corrected chi connectivity index (χ4v) is 4.34. The lowest BCUT2D eigenvalue weighted by molar-refractivity contribution is 0.0601. The van der Waals surface area contributed by atoms with E-state index in [1.165, 1.54) is 7.11 Å². The third-order valence-electron chi connectivity index (χ3n) is 5.30. The molecule has 3 aromatic rings. The molecule has 1 saturated carbocycles. The van der Waals surface area contributed by atoms with Gasteiger partial charge in [-0.3, -0.25) is 0 Å². The van der Waals surface area contributed by atoms with Gasteiger partial charge in [-0.05, 0) is 87.4 Å². The number of carbonyl (C=O) groups is 1. The second-order valence-corrected chi connectivity index (χ2v) is 9.10. The fraction of sp³-hybridized carbons (Fsp3) is 0.318. The molecule has 11 heteroatoms. The van der Waals surface area contributed by atoms with Gasteiger partial charge in [0.2, 0.25) is 10.6 Å². The van der Waals surface area contributed by atoms with Crippen LogP contribution in [-0.4, -0.2) is 38.9 Å². The molecule has 0 aliphatic heterocycles. The monoisotopic (exact) mass is 574 g/mol. The van der Waals surface area contributed by atoms with Crippen molar-refractivity contribution in [1.29, 1.82) is 5.26 Å². The molecule has 0 amide bonds. The third-order valence-corrected chi connectivity index (χ3v) is 6.22. The number of carbonyl (C=O) groups excluding carboxylic acids is 1. The molecule has 0 atom stereocenters. The average molecular weight is 576 g/mol. The zero-order chi connectivity index (χ0) is 23.7. The van der Waals surface area contributed by atoms with Gasteiger partial charge in [0.25, 0.3) is 0 Å². The molecule has 1 aliphatic carbocycles. The summed E-state index contributed by atoms with van der Waals surface area (Å²) < 4.78 is 13.6. The quantitative estimate of drug-likeness (QED) is 0.396. The number of halogens is 2. The number of methoxy groups -OCH3 is 1. The molecule has 0 spiro atoms. The average Bonchev–Trinajstić information content (AvgIpc) is 3.54. The molecule has 0 saturated heterocycles. The van der Waals surface area contributed by atoms with E-state index in [1.807, 2.05) is 19.9 Å². The summed E-state index contributed by atoms with van der Waals surface area (Å²) in [4.78, 5) is 20.9. The lowest BCUT2D eigenvalue weighted by Crippen LogP contribution is -2.11. The van der Waals surface area contributed by atoms with Crippen LogP contribution < -0.4 is 10.1 Å². The van der Waals surface area contributed by atoms with E-state index < -0.39 is 5.97 Å². The van der Waals surface area contributed by atoms with Gasteiger partial charge < -0.3 is 14.8 Å².